The van der Waals surface area contributed by atoms with E-state index in [9.17, 15) is 0 Å². The van der Waals surface area contributed by atoms with Crippen molar-refractivity contribution < 1.29 is 0 Å². The third-order valence-electron chi connectivity index (χ3n) is 4.26. The van der Waals surface area contributed by atoms with Crippen molar-refractivity contribution in [3.63, 3.8) is 0 Å². The van der Waals surface area contributed by atoms with Gasteiger partial charge < -0.3 is 5.32 Å². The van der Waals surface area contributed by atoms with E-state index in [-0.39, 0.29) is 12.1 Å². The number of hydrogen-bond donors (Lipinski definition) is 1. The maximum Gasteiger partial charge on any atom is 0.222 e. The molecule has 0 amide bonds. The maximum atomic E-state index is 4.42. The summed E-state index contributed by atoms with van der Waals surface area (Å²) in [5.74, 6) is 0.839. The number of hydrogen-bond acceptors (Lipinski definition) is 3. The molecule has 0 saturated carbocycles. The van der Waals surface area contributed by atoms with Gasteiger partial charge in [0.15, 0.2) is 0 Å². The number of aromatic nitrogens is 3. The third kappa shape index (κ3) is 2.26. The Bertz CT molecular complexity index is 779. The van der Waals surface area contributed by atoms with E-state index in [4.69, 9.17) is 0 Å². The summed E-state index contributed by atoms with van der Waals surface area (Å²) in [6, 6.07) is 19.7. The molecular formula is C18H18N4. The summed E-state index contributed by atoms with van der Waals surface area (Å²) in [5, 5.41) is 7.91. The number of benzene rings is 2. The van der Waals surface area contributed by atoms with Gasteiger partial charge in [-0.25, -0.2) is 4.68 Å². The fourth-order valence-electron chi connectivity index (χ4n) is 3.18. The second-order valence-electron chi connectivity index (χ2n) is 5.80. The van der Waals surface area contributed by atoms with Gasteiger partial charge in [0.05, 0.1) is 12.1 Å². The zero-order valence-corrected chi connectivity index (χ0v) is 12.5. The second kappa shape index (κ2) is 5.30. The van der Waals surface area contributed by atoms with Crippen LogP contribution in [0.1, 0.15) is 35.2 Å². The molecule has 0 fully saturated rings. The van der Waals surface area contributed by atoms with Gasteiger partial charge in [-0.3, -0.25) is 0 Å². The van der Waals surface area contributed by atoms with Crippen LogP contribution in [0.25, 0.3) is 0 Å². The van der Waals surface area contributed by atoms with Gasteiger partial charge in [0.2, 0.25) is 5.95 Å². The smallest absolute Gasteiger partial charge is 0.222 e. The Morgan fingerprint density at radius 2 is 1.86 bits per heavy atom. The average Bonchev–Trinajstić information content (AvgIpc) is 3.03. The van der Waals surface area contributed by atoms with Crippen LogP contribution in [0, 0.1) is 6.92 Å². The first kappa shape index (κ1) is 13.1. The van der Waals surface area contributed by atoms with Crippen LogP contribution in [0.15, 0.2) is 60.9 Å². The third-order valence-corrected chi connectivity index (χ3v) is 4.26. The average molecular weight is 290 g/mol. The summed E-state index contributed by atoms with van der Waals surface area (Å²) in [6.07, 6.45) is 2.59. The summed E-state index contributed by atoms with van der Waals surface area (Å²) in [4.78, 5) is 4.37. The highest BCUT2D eigenvalue weighted by atomic mass is 15.4. The Labute approximate surface area is 129 Å². The molecule has 4 rings (SSSR count). The number of rotatable bonds is 2. The van der Waals surface area contributed by atoms with E-state index < -0.39 is 0 Å². The van der Waals surface area contributed by atoms with Crippen molar-refractivity contribution in [2.24, 2.45) is 0 Å². The van der Waals surface area contributed by atoms with Gasteiger partial charge in [-0.15, -0.1) is 0 Å². The Morgan fingerprint density at radius 3 is 2.68 bits per heavy atom. The largest absolute Gasteiger partial charge is 0.348 e. The Balaban J connectivity index is 1.75. The second-order valence-corrected chi connectivity index (χ2v) is 5.80. The Morgan fingerprint density at radius 1 is 1.05 bits per heavy atom. The number of fused-ring (bicyclic) bond motifs is 1. The van der Waals surface area contributed by atoms with Gasteiger partial charge in [0, 0.05) is 0 Å². The molecule has 0 unspecified atom stereocenters. The standard InChI is InChI=1S/C18H18N4/c1-13-6-5-9-15(10-13)17-11-16(14-7-3-2-4-8-14)21-18-19-12-20-22(17)18/h2-10,12,16-17H,11H2,1H3,(H,19,20,21)/t16-,17-/m1/s1. The van der Waals surface area contributed by atoms with Crippen molar-refractivity contribution in [3.8, 4) is 0 Å². The van der Waals surface area contributed by atoms with E-state index in [1.54, 1.807) is 6.33 Å². The molecule has 4 heteroatoms. The van der Waals surface area contributed by atoms with Crippen molar-refractivity contribution in [1.82, 2.24) is 14.8 Å². The number of aryl methyl sites for hydroxylation is 1. The van der Waals surface area contributed by atoms with Crippen molar-refractivity contribution in [1.29, 1.82) is 0 Å². The summed E-state index contributed by atoms with van der Waals surface area (Å²) in [6.45, 7) is 2.13. The number of nitrogens with one attached hydrogen (secondary N) is 1. The fourth-order valence-corrected chi connectivity index (χ4v) is 3.18. The van der Waals surface area contributed by atoms with Gasteiger partial charge >= 0.3 is 0 Å². The summed E-state index contributed by atoms with van der Waals surface area (Å²) >= 11 is 0. The van der Waals surface area contributed by atoms with Crippen molar-refractivity contribution in [2.75, 3.05) is 5.32 Å². The van der Waals surface area contributed by atoms with Crippen LogP contribution in [0.3, 0.4) is 0 Å². The van der Waals surface area contributed by atoms with Gasteiger partial charge in [-0.1, -0.05) is 60.2 Å². The lowest BCUT2D eigenvalue weighted by atomic mass is 9.93. The predicted molar refractivity (Wildman–Crippen MR) is 86.8 cm³/mol. The molecule has 0 saturated heterocycles. The summed E-state index contributed by atoms with van der Waals surface area (Å²) < 4.78 is 1.99. The minimum absolute atomic E-state index is 0.212. The lowest BCUT2D eigenvalue weighted by Crippen LogP contribution is -2.28. The van der Waals surface area contributed by atoms with Gasteiger partial charge in [0.1, 0.15) is 6.33 Å². The first-order valence-electron chi connectivity index (χ1n) is 7.59. The highest BCUT2D eigenvalue weighted by Crippen LogP contribution is 2.37. The summed E-state index contributed by atoms with van der Waals surface area (Å²) in [5.41, 5.74) is 3.84. The molecule has 0 spiro atoms. The normalized spacial score (nSPS) is 20.2. The van der Waals surface area contributed by atoms with Crippen LogP contribution in [0.4, 0.5) is 5.95 Å². The van der Waals surface area contributed by atoms with Crippen molar-refractivity contribution in [3.05, 3.63) is 77.6 Å². The van der Waals surface area contributed by atoms with E-state index >= 15 is 0 Å². The van der Waals surface area contributed by atoms with Gasteiger partial charge in [0.25, 0.3) is 0 Å². The molecule has 1 aliphatic rings. The zero-order chi connectivity index (χ0) is 14.9. The molecule has 22 heavy (non-hydrogen) atoms. The molecule has 1 aromatic heterocycles. The fraction of sp³-hybridized carbons (Fsp3) is 0.222. The lowest BCUT2D eigenvalue weighted by Gasteiger charge is -2.32. The SMILES string of the molecule is Cc1cccc([C@H]2C[C@H](c3ccccc3)Nc3ncnn32)c1. The van der Waals surface area contributed by atoms with Gasteiger partial charge in [-0.2, -0.15) is 10.1 Å². The van der Waals surface area contributed by atoms with Crippen LogP contribution in [-0.4, -0.2) is 14.8 Å². The van der Waals surface area contributed by atoms with E-state index in [0.717, 1.165) is 12.4 Å². The molecule has 2 heterocycles. The molecule has 2 aromatic carbocycles. The molecule has 1 N–H and O–H groups in total. The van der Waals surface area contributed by atoms with Crippen LogP contribution in [0.2, 0.25) is 0 Å². The van der Waals surface area contributed by atoms with Gasteiger partial charge in [-0.05, 0) is 24.5 Å². The number of anilines is 1. The van der Waals surface area contributed by atoms with Crippen LogP contribution >= 0.6 is 0 Å². The van der Waals surface area contributed by atoms with Crippen LogP contribution in [-0.2, 0) is 0 Å². The van der Waals surface area contributed by atoms with E-state index in [0.29, 0.717) is 0 Å². The zero-order valence-electron chi connectivity index (χ0n) is 12.5. The molecule has 0 aliphatic carbocycles. The predicted octanol–water partition coefficient (Wildman–Crippen LogP) is 3.73. The molecule has 2 atom stereocenters. The molecule has 0 bridgehead atoms. The topological polar surface area (TPSA) is 42.7 Å². The van der Waals surface area contributed by atoms with E-state index in [2.05, 4.69) is 70.9 Å². The Kier molecular flexibility index (Phi) is 3.15. The minimum Gasteiger partial charge on any atom is -0.348 e. The molecule has 1 aliphatic heterocycles. The lowest BCUT2D eigenvalue weighted by molar-refractivity contribution is 0.430. The first-order chi connectivity index (χ1) is 10.8. The van der Waals surface area contributed by atoms with E-state index in [1.807, 2.05) is 10.7 Å². The quantitative estimate of drug-likeness (QED) is 0.782. The molecule has 110 valence electrons. The monoisotopic (exact) mass is 290 g/mol. The molecular weight excluding hydrogens is 272 g/mol. The van der Waals surface area contributed by atoms with Crippen molar-refractivity contribution >= 4 is 5.95 Å². The molecule has 3 aromatic rings. The maximum absolute atomic E-state index is 4.42. The van der Waals surface area contributed by atoms with E-state index in [1.165, 1.54) is 16.7 Å². The highest BCUT2D eigenvalue weighted by molar-refractivity contribution is 5.38. The Hall–Kier alpha value is -2.62. The molecule has 0 radical (unpaired) electrons. The highest BCUT2D eigenvalue weighted by Gasteiger charge is 2.29. The first-order valence-corrected chi connectivity index (χ1v) is 7.59. The van der Waals surface area contributed by atoms with Crippen molar-refractivity contribution in [2.45, 2.75) is 25.4 Å². The number of nitrogens with zero attached hydrogens (tertiary/aromatic N) is 3. The summed E-state index contributed by atoms with van der Waals surface area (Å²) in [7, 11) is 0. The minimum atomic E-state index is 0.212. The molecule has 4 nitrogen and oxygen atoms in total. The van der Waals surface area contributed by atoms with Crippen LogP contribution < -0.4 is 5.32 Å². The van der Waals surface area contributed by atoms with Crippen LogP contribution in [0.5, 0.6) is 0 Å².